The molecule has 20 heavy (non-hydrogen) atoms. The Balaban J connectivity index is 2.67. The summed E-state index contributed by atoms with van der Waals surface area (Å²) in [4.78, 5) is 24.4. The molecule has 0 aliphatic heterocycles. The van der Waals surface area contributed by atoms with Crippen LogP contribution in [-0.4, -0.2) is 27.0 Å². The molecule has 7 nitrogen and oxygen atoms in total. The normalized spacial score (nSPS) is 12.6. The number of nitrogens with two attached hydrogens (primary N) is 1. The molecule has 0 aliphatic carbocycles. The number of fused-ring (bicyclic) bond motifs is 1. The van der Waals surface area contributed by atoms with E-state index in [1.807, 2.05) is 0 Å². The van der Waals surface area contributed by atoms with Crippen molar-refractivity contribution >= 4 is 38.5 Å². The van der Waals surface area contributed by atoms with Crippen molar-refractivity contribution in [2.75, 3.05) is 0 Å². The van der Waals surface area contributed by atoms with Gasteiger partial charge >= 0.3 is 5.97 Å². The minimum atomic E-state index is -1.11. The second-order valence-corrected chi connectivity index (χ2v) is 5.31. The second-order valence-electron chi connectivity index (χ2n) is 4.45. The molecule has 4 N–H and O–H groups in total. The van der Waals surface area contributed by atoms with Crippen molar-refractivity contribution in [2.24, 2.45) is 5.73 Å². The predicted molar refractivity (Wildman–Crippen MR) is 76.7 cm³/mol. The Hall–Kier alpha value is -1.93. The minimum absolute atomic E-state index is 0.0542. The summed E-state index contributed by atoms with van der Waals surface area (Å²) in [5.41, 5.74) is 7.21. The predicted octanol–water partition coefficient (Wildman–Crippen LogP) is 2.10. The average Bonchev–Trinajstić information content (AvgIpc) is 2.67. The number of aromatic nitrogens is 1. The summed E-state index contributed by atoms with van der Waals surface area (Å²) in [6, 6.07) is 1.91. The molecule has 8 heteroatoms. The molecule has 1 aromatic carbocycles. The third-order valence-corrected chi connectivity index (χ3v) is 3.80. The molecule has 0 fully saturated rings. The zero-order valence-corrected chi connectivity index (χ0v) is 12.1. The second kappa shape index (κ2) is 5.22. The van der Waals surface area contributed by atoms with E-state index in [0.717, 1.165) is 0 Å². The van der Waals surface area contributed by atoms with Crippen molar-refractivity contribution in [3.8, 4) is 0 Å². The quantitative estimate of drug-likeness (QED) is 0.580. The molecule has 0 aliphatic rings. The van der Waals surface area contributed by atoms with Crippen LogP contribution in [0.25, 0.3) is 10.9 Å². The van der Waals surface area contributed by atoms with Gasteiger partial charge in [-0.2, -0.15) is 0 Å². The lowest BCUT2D eigenvalue weighted by molar-refractivity contribution is -0.383. The van der Waals surface area contributed by atoms with Gasteiger partial charge in [-0.25, -0.2) is 0 Å². The molecule has 1 aromatic heterocycles. The highest BCUT2D eigenvalue weighted by Crippen LogP contribution is 2.35. The topological polar surface area (TPSA) is 122 Å². The van der Waals surface area contributed by atoms with Crippen molar-refractivity contribution in [1.29, 1.82) is 0 Å². The molecule has 0 radical (unpaired) electrons. The van der Waals surface area contributed by atoms with E-state index in [-0.39, 0.29) is 12.1 Å². The van der Waals surface area contributed by atoms with E-state index in [9.17, 15) is 14.9 Å². The minimum Gasteiger partial charge on any atom is -0.480 e. The summed E-state index contributed by atoms with van der Waals surface area (Å²) in [5, 5.41) is 20.5. The molecule has 0 saturated carbocycles. The molecule has 0 bridgehead atoms. The maximum Gasteiger partial charge on any atom is 0.320 e. The molecule has 2 aromatic rings. The molecule has 106 valence electrons. The lowest BCUT2D eigenvalue weighted by Gasteiger charge is -2.07. The van der Waals surface area contributed by atoms with Crippen molar-refractivity contribution in [3.63, 3.8) is 0 Å². The van der Waals surface area contributed by atoms with E-state index in [1.54, 1.807) is 13.0 Å². The Kier molecular flexibility index (Phi) is 3.78. The zero-order chi connectivity index (χ0) is 15.0. The largest absolute Gasteiger partial charge is 0.480 e. The fourth-order valence-electron chi connectivity index (χ4n) is 2.15. The number of halogens is 1. The van der Waals surface area contributed by atoms with Gasteiger partial charge < -0.3 is 15.8 Å². The first-order valence-electron chi connectivity index (χ1n) is 5.75. The summed E-state index contributed by atoms with van der Waals surface area (Å²) < 4.78 is 0.662. The van der Waals surface area contributed by atoms with Crippen LogP contribution in [0.1, 0.15) is 11.3 Å². The van der Waals surface area contributed by atoms with E-state index in [0.29, 0.717) is 26.6 Å². The van der Waals surface area contributed by atoms with E-state index in [1.165, 1.54) is 6.07 Å². The fourth-order valence-corrected chi connectivity index (χ4v) is 2.72. The van der Waals surface area contributed by atoms with E-state index in [2.05, 4.69) is 20.9 Å². The number of H-pyrrole nitrogens is 1. The van der Waals surface area contributed by atoms with Gasteiger partial charge in [0.15, 0.2) is 0 Å². The van der Waals surface area contributed by atoms with Crippen LogP contribution >= 0.6 is 15.9 Å². The highest BCUT2D eigenvalue weighted by Gasteiger charge is 2.23. The van der Waals surface area contributed by atoms with Crippen LogP contribution in [0.5, 0.6) is 0 Å². The highest BCUT2D eigenvalue weighted by molar-refractivity contribution is 9.10. The number of non-ortho nitro benzene ring substituents is 1. The van der Waals surface area contributed by atoms with Gasteiger partial charge in [0, 0.05) is 28.0 Å². The van der Waals surface area contributed by atoms with Crippen LogP contribution in [0.4, 0.5) is 5.69 Å². The fraction of sp³-hybridized carbons (Fsp3) is 0.250. The summed E-state index contributed by atoms with van der Waals surface area (Å²) in [6.45, 7) is 1.74. The van der Waals surface area contributed by atoms with E-state index >= 15 is 0 Å². The maximum atomic E-state index is 11.0. The standard InChI is InChI=1S/C12H12BrN3O4/c1-5-6(4-8(14)12(17)18)10-7(13)2-3-9(16(19)20)11(10)15-5/h2-3,8,15H,4,14H2,1H3,(H,17,18). The van der Waals surface area contributed by atoms with Gasteiger partial charge in [0.2, 0.25) is 0 Å². The van der Waals surface area contributed by atoms with Gasteiger partial charge in [-0.15, -0.1) is 0 Å². The first kappa shape index (κ1) is 14.5. The van der Waals surface area contributed by atoms with Gasteiger partial charge in [-0.05, 0) is 18.6 Å². The number of nitro groups is 1. The molecule has 2 rings (SSSR count). The van der Waals surface area contributed by atoms with Crippen LogP contribution in [0.3, 0.4) is 0 Å². The monoisotopic (exact) mass is 341 g/mol. The molecule has 0 saturated heterocycles. The highest BCUT2D eigenvalue weighted by atomic mass is 79.9. The summed E-state index contributed by atoms with van der Waals surface area (Å²) in [7, 11) is 0. The van der Waals surface area contributed by atoms with Crippen molar-refractivity contribution in [3.05, 3.63) is 38.0 Å². The number of nitrogens with one attached hydrogen (secondary N) is 1. The number of rotatable bonds is 4. The van der Waals surface area contributed by atoms with E-state index < -0.39 is 16.9 Å². The smallest absolute Gasteiger partial charge is 0.320 e. The molecule has 0 spiro atoms. The van der Waals surface area contributed by atoms with Crippen molar-refractivity contribution in [2.45, 2.75) is 19.4 Å². The molecule has 1 atom stereocenters. The number of benzene rings is 1. The first-order chi connectivity index (χ1) is 9.32. The van der Waals surface area contributed by atoms with Crippen molar-refractivity contribution < 1.29 is 14.8 Å². The Morgan fingerprint density at radius 3 is 2.80 bits per heavy atom. The molecular weight excluding hydrogens is 330 g/mol. The SMILES string of the molecule is Cc1[nH]c2c([N+](=O)[O-])ccc(Br)c2c1CC(N)C(=O)O. The average molecular weight is 342 g/mol. The Bertz CT molecular complexity index is 710. The number of carboxylic acids is 1. The maximum absolute atomic E-state index is 11.0. The number of aromatic amines is 1. The summed E-state index contributed by atoms with van der Waals surface area (Å²) in [5.74, 6) is -1.11. The van der Waals surface area contributed by atoms with E-state index in [4.69, 9.17) is 10.8 Å². The summed E-state index contributed by atoms with van der Waals surface area (Å²) in [6.07, 6.45) is 0.0981. The van der Waals surface area contributed by atoms with Gasteiger partial charge in [0.25, 0.3) is 5.69 Å². The van der Waals surface area contributed by atoms with Crippen LogP contribution in [-0.2, 0) is 11.2 Å². The molecule has 1 unspecified atom stereocenters. The molecule has 1 heterocycles. The van der Waals surface area contributed by atoms with Crippen LogP contribution in [0.2, 0.25) is 0 Å². The number of nitrogens with zero attached hydrogens (tertiary/aromatic N) is 1. The van der Waals surface area contributed by atoms with Crippen molar-refractivity contribution in [1.82, 2.24) is 4.98 Å². The van der Waals surface area contributed by atoms with Gasteiger partial charge in [-0.3, -0.25) is 14.9 Å². The van der Waals surface area contributed by atoms with Crippen LogP contribution < -0.4 is 5.73 Å². The van der Waals surface area contributed by atoms with Gasteiger partial charge in [0.1, 0.15) is 11.6 Å². The lowest BCUT2D eigenvalue weighted by Crippen LogP contribution is -2.32. The zero-order valence-electron chi connectivity index (χ0n) is 10.5. The number of hydrogen-bond acceptors (Lipinski definition) is 4. The number of carbonyl (C=O) groups is 1. The summed E-state index contributed by atoms with van der Waals surface area (Å²) >= 11 is 3.34. The molecule has 0 amide bonds. The van der Waals surface area contributed by atoms with Gasteiger partial charge in [-0.1, -0.05) is 15.9 Å². The van der Waals surface area contributed by atoms with Crippen LogP contribution in [0.15, 0.2) is 16.6 Å². The Morgan fingerprint density at radius 2 is 2.25 bits per heavy atom. The number of aryl methyl sites for hydroxylation is 1. The molecular formula is C12H12BrN3O4. The first-order valence-corrected chi connectivity index (χ1v) is 6.54. The van der Waals surface area contributed by atoms with Gasteiger partial charge in [0.05, 0.1) is 4.92 Å². The Morgan fingerprint density at radius 1 is 1.60 bits per heavy atom. The number of nitro benzene ring substituents is 1. The Labute approximate surface area is 122 Å². The number of hydrogen-bond donors (Lipinski definition) is 3. The third-order valence-electron chi connectivity index (χ3n) is 3.14. The number of aliphatic carboxylic acids is 1. The van der Waals surface area contributed by atoms with Crippen LogP contribution in [0, 0.1) is 17.0 Å². The number of carboxylic acid groups (broad SMARTS) is 1. The lowest BCUT2D eigenvalue weighted by atomic mass is 10.0. The third kappa shape index (κ3) is 2.39.